The van der Waals surface area contributed by atoms with Gasteiger partial charge >= 0.3 is 6.03 Å². The molecular formula is C26H46F2N6O8S. The van der Waals surface area contributed by atoms with Gasteiger partial charge in [0.1, 0.15) is 18.4 Å². The third-order valence-electron chi connectivity index (χ3n) is 7.01. The quantitative estimate of drug-likeness (QED) is 0.0623. The largest absolute Gasteiger partial charge is 0.378 e. The lowest BCUT2D eigenvalue weighted by molar-refractivity contribution is -0.118. The minimum absolute atomic E-state index is 0.0375. The van der Waals surface area contributed by atoms with Crippen LogP contribution in [0.1, 0.15) is 45.4 Å². The number of urea groups is 1. The van der Waals surface area contributed by atoms with Crippen molar-refractivity contribution in [3.05, 3.63) is 11.6 Å². The van der Waals surface area contributed by atoms with Crippen LogP contribution in [0.3, 0.4) is 0 Å². The number of allylic oxidation sites excluding steroid dienone is 1. The van der Waals surface area contributed by atoms with Crippen LogP contribution < -0.4 is 27.2 Å². The maximum Gasteiger partial charge on any atom is 0.328 e. The van der Waals surface area contributed by atoms with Crippen molar-refractivity contribution in [3.8, 4) is 0 Å². The van der Waals surface area contributed by atoms with Crippen LogP contribution in [0.25, 0.3) is 0 Å². The van der Waals surface area contributed by atoms with Gasteiger partial charge in [-0.05, 0) is 51.4 Å². The summed E-state index contributed by atoms with van der Waals surface area (Å²) in [5, 5.41) is 1.59. The van der Waals surface area contributed by atoms with Crippen LogP contribution >= 0.6 is 0 Å². The topological polar surface area (TPSA) is 220 Å². The summed E-state index contributed by atoms with van der Waals surface area (Å²) >= 11 is 0. The van der Waals surface area contributed by atoms with Crippen molar-refractivity contribution in [2.24, 2.45) is 28.1 Å². The van der Waals surface area contributed by atoms with E-state index in [9.17, 15) is 26.8 Å². The molecule has 2 atom stereocenters. The van der Waals surface area contributed by atoms with E-state index < -0.39 is 63.6 Å². The molecule has 17 heteroatoms. The fraction of sp³-hybridized carbons (Fsp3) is 0.808. The summed E-state index contributed by atoms with van der Waals surface area (Å²) in [7, 11) is -3.96. The number of carbonyl (C=O) groups excluding carboxylic acids is 2. The molecule has 43 heavy (non-hydrogen) atoms. The Kier molecular flexibility index (Phi) is 16.3. The van der Waals surface area contributed by atoms with Gasteiger partial charge in [-0.1, -0.05) is 6.08 Å². The first-order valence-electron chi connectivity index (χ1n) is 14.4. The number of rotatable bonds is 17. The Labute approximate surface area is 251 Å². The molecule has 14 nitrogen and oxygen atoms in total. The third kappa shape index (κ3) is 13.8. The molecule has 0 radical (unpaired) electrons. The highest BCUT2D eigenvalue weighted by Gasteiger charge is 2.41. The summed E-state index contributed by atoms with van der Waals surface area (Å²) in [6.45, 7) is 4.15. The lowest BCUT2D eigenvalue weighted by Crippen LogP contribution is -2.47. The minimum Gasteiger partial charge on any atom is -0.378 e. The summed E-state index contributed by atoms with van der Waals surface area (Å²) in [5.74, 6) is -1.60. The molecule has 0 bridgehead atoms. The molecule has 2 aliphatic carbocycles. The first-order chi connectivity index (χ1) is 20.4. The number of aliphatic imine (C=N–C) groups is 1. The second-order valence-corrected chi connectivity index (χ2v) is 12.4. The van der Waals surface area contributed by atoms with Gasteiger partial charge in [0, 0.05) is 18.7 Å². The lowest BCUT2D eigenvalue weighted by atomic mass is 9.83. The second kappa shape index (κ2) is 19.1. The molecule has 0 aromatic carbocycles. The van der Waals surface area contributed by atoms with E-state index in [4.69, 9.17) is 36.1 Å². The Hall–Kier alpha value is -2.44. The predicted octanol–water partition coefficient (Wildman–Crippen LogP) is 0.153. The standard InChI is InChI=1S/C26H46F2N6O8S/c1-17(24(35)33-25(30)31)14-18-15-21(27)23(22(28)16-18)42-19-2-4-20(5-3-19)43(37,38)34-26(36)32-7-9-40-11-13-41-12-10-39-8-6-29/h14,18-23H,2-13,15-16,29H2,1H3,(H2,32,34,36)(H4,30,31,33,35)/b17-14+. The average molecular weight is 641 g/mol. The monoisotopic (exact) mass is 640 g/mol. The van der Waals surface area contributed by atoms with Crippen LogP contribution in [0, 0.1) is 5.92 Å². The number of amides is 3. The number of alkyl halides is 2. The fourth-order valence-corrected chi connectivity index (χ4v) is 6.31. The van der Waals surface area contributed by atoms with Gasteiger partial charge in [0.15, 0.2) is 5.96 Å². The van der Waals surface area contributed by atoms with Crippen LogP contribution in [0.4, 0.5) is 13.6 Å². The molecular weight excluding hydrogens is 594 g/mol. The van der Waals surface area contributed by atoms with E-state index in [0.29, 0.717) is 39.6 Å². The first-order valence-corrected chi connectivity index (χ1v) is 16.0. The molecule has 0 aromatic rings. The SMILES string of the molecule is C/C(=C\C1CC(F)C(OC2CCC(S(=O)(=O)NC(=O)NCCOCCOCCOCCN)CC2)C(F)C1)C(=O)N=C(N)N. The molecule has 0 aliphatic heterocycles. The fourth-order valence-electron chi connectivity index (χ4n) is 4.92. The molecule has 248 valence electrons. The van der Waals surface area contributed by atoms with Gasteiger partial charge < -0.3 is 41.5 Å². The summed E-state index contributed by atoms with van der Waals surface area (Å²) in [6.07, 6.45) is -2.74. The van der Waals surface area contributed by atoms with E-state index in [1.807, 2.05) is 4.72 Å². The molecule has 2 aliphatic rings. The Morgan fingerprint density at radius 1 is 0.930 bits per heavy atom. The summed E-state index contributed by atoms with van der Waals surface area (Å²) in [6, 6.07) is -0.864. The number of carbonyl (C=O) groups is 2. The molecule has 0 heterocycles. The normalized spacial score (nSPS) is 26.5. The number of guanidine groups is 1. The zero-order chi connectivity index (χ0) is 31.8. The molecule has 2 fully saturated rings. The molecule has 8 N–H and O–H groups in total. The van der Waals surface area contributed by atoms with Crippen LogP contribution in [0.15, 0.2) is 16.6 Å². The average Bonchev–Trinajstić information content (AvgIpc) is 2.93. The number of halogens is 2. The van der Waals surface area contributed by atoms with E-state index in [-0.39, 0.29) is 57.2 Å². The van der Waals surface area contributed by atoms with Crippen molar-refractivity contribution in [1.29, 1.82) is 0 Å². The summed E-state index contributed by atoms with van der Waals surface area (Å²) in [5.41, 5.74) is 15.9. The van der Waals surface area contributed by atoms with E-state index in [0.717, 1.165) is 0 Å². The lowest BCUT2D eigenvalue weighted by Gasteiger charge is -2.37. The van der Waals surface area contributed by atoms with Crippen molar-refractivity contribution < 1.29 is 45.7 Å². The Morgan fingerprint density at radius 3 is 2.05 bits per heavy atom. The van der Waals surface area contributed by atoms with Gasteiger partial charge in [-0.15, -0.1) is 0 Å². The van der Waals surface area contributed by atoms with Crippen LogP contribution in [-0.4, -0.2) is 109 Å². The molecule has 0 saturated heterocycles. The Bertz CT molecular complexity index is 1030. The zero-order valence-corrected chi connectivity index (χ0v) is 25.4. The number of nitrogens with one attached hydrogen (secondary N) is 2. The number of ether oxygens (including phenoxy) is 4. The number of hydrogen-bond acceptors (Lipinski definition) is 9. The van der Waals surface area contributed by atoms with Crippen LogP contribution in [-0.2, 0) is 33.8 Å². The highest BCUT2D eigenvalue weighted by atomic mass is 32.2. The number of nitrogens with zero attached hydrogens (tertiary/aromatic N) is 1. The smallest absolute Gasteiger partial charge is 0.328 e. The van der Waals surface area contributed by atoms with Crippen molar-refractivity contribution in [2.75, 3.05) is 52.7 Å². The Balaban J connectivity index is 1.67. The van der Waals surface area contributed by atoms with Gasteiger partial charge in [-0.25, -0.2) is 26.7 Å². The van der Waals surface area contributed by atoms with E-state index in [2.05, 4.69) is 10.3 Å². The maximum atomic E-state index is 14.9. The predicted molar refractivity (Wildman–Crippen MR) is 155 cm³/mol. The van der Waals surface area contributed by atoms with E-state index in [1.54, 1.807) is 0 Å². The van der Waals surface area contributed by atoms with Gasteiger partial charge in [-0.3, -0.25) is 4.79 Å². The molecule has 0 spiro atoms. The van der Waals surface area contributed by atoms with E-state index >= 15 is 0 Å². The van der Waals surface area contributed by atoms with Crippen molar-refractivity contribution in [3.63, 3.8) is 0 Å². The third-order valence-corrected chi connectivity index (χ3v) is 8.82. The number of hydrogen-bond donors (Lipinski definition) is 5. The van der Waals surface area contributed by atoms with Crippen LogP contribution in [0.5, 0.6) is 0 Å². The second-order valence-electron chi connectivity index (χ2n) is 10.5. The van der Waals surface area contributed by atoms with Crippen molar-refractivity contribution in [2.45, 2.75) is 75.2 Å². The highest BCUT2D eigenvalue weighted by molar-refractivity contribution is 7.90. The molecule has 2 rings (SSSR count). The molecule has 2 saturated carbocycles. The number of nitrogens with two attached hydrogens (primary N) is 3. The first kappa shape index (κ1) is 36.8. The maximum absolute atomic E-state index is 14.9. The zero-order valence-electron chi connectivity index (χ0n) is 24.6. The van der Waals surface area contributed by atoms with Crippen LogP contribution in [0.2, 0.25) is 0 Å². The van der Waals surface area contributed by atoms with E-state index in [1.165, 1.54) is 13.0 Å². The molecule has 2 unspecified atom stereocenters. The van der Waals surface area contributed by atoms with Crippen molar-refractivity contribution >= 4 is 27.9 Å². The summed E-state index contributed by atoms with van der Waals surface area (Å²) in [4.78, 5) is 27.4. The highest BCUT2D eigenvalue weighted by Crippen LogP contribution is 2.35. The Morgan fingerprint density at radius 2 is 1.49 bits per heavy atom. The molecule has 0 aromatic heterocycles. The summed E-state index contributed by atoms with van der Waals surface area (Å²) < 4.78 is 78.7. The van der Waals surface area contributed by atoms with Gasteiger partial charge in [-0.2, -0.15) is 4.99 Å². The number of sulfonamides is 1. The van der Waals surface area contributed by atoms with Gasteiger partial charge in [0.25, 0.3) is 5.91 Å². The minimum atomic E-state index is -3.96. The molecule has 3 amide bonds. The van der Waals surface area contributed by atoms with Crippen molar-refractivity contribution in [1.82, 2.24) is 10.0 Å². The van der Waals surface area contributed by atoms with Gasteiger partial charge in [0.2, 0.25) is 10.0 Å². The van der Waals surface area contributed by atoms with Gasteiger partial charge in [0.05, 0.1) is 51.0 Å².